The first kappa shape index (κ1) is 9.39. The number of allylic oxidation sites excluding steroid dienone is 1. The maximum atomic E-state index is 4.55. The van der Waals surface area contributed by atoms with E-state index in [4.69, 9.17) is 0 Å². The van der Waals surface area contributed by atoms with E-state index >= 15 is 0 Å². The van der Waals surface area contributed by atoms with Gasteiger partial charge in [-0.1, -0.05) is 0 Å². The molecule has 0 spiro atoms. The molecule has 0 aromatic carbocycles. The van der Waals surface area contributed by atoms with Crippen molar-refractivity contribution in [3.8, 4) is 0 Å². The Labute approximate surface area is 57.0 Å². The van der Waals surface area contributed by atoms with Crippen molar-refractivity contribution in [2.45, 2.75) is 5.32 Å². The maximum absolute atomic E-state index is 4.55. The molecule has 0 aromatic heterocycles. The second-order valence-electron chi connectivity index (χ2n) is 0.412. The molecule has 32 valence electrons. The standard InChI is InChI=1S/C3H5.Cu.Mg.2H/c1-3-2;;;;/h3H,1-2H2;;;;. The summed E-state index contributed by atoms with van der Waals surface area (Å²) in [4.78, 5) is 0. The SMILES string of the molecule is C=C[CH2][Cu].[MgH2]. The van der Waals surface area contributed by atoms with E-state index in [0.29, 0.717) is 5.32 Å². The van der Waals surface area contributed by atoms with Crippen molar-refractivity contribution in [3.05, 3.63) is 12.7 Å². The van der Waals surface area contributed by atoms with Gasteiger partial charge >= 0.3 is 57.0 Å². The molecule has 0 amide bonds. The van der Waals surface area contributed by atoms with E-state index in [1.165, 1.54) is 0 Å². The minimum Gasteiger partial charge on any atom is 0.316 e. The fourth-order valence-electron chi connectivity index (χ4n) is 0. The fourth-order valence-corrected chi connectivity index (χ4v) is 0. The zero-order valence-electron chi connectivity index (χ0n) is 2.29. The van der Waals surface area contributed by atoms with E-state index in [-0.39, 0.29) is 23.1 Å². The van der Waals surface area contributed by atoms with E-state index in [2.05, 4.69) is 22.6 Å². The van der Waals surface area contributed by atoms with Crippen molar-refractivity contribution in [2.75, 3.05) is 0 Å². The predicted octanol–water partition coefficient (Wildman–Crippen LogP) is 0.221. The molecule has 0 atom stereocenters. The Morgan fingerprint density at radius 2 is 2.00 bits per heavy atom. The van der Waals surface area contributed by atoms with Gasteiger partial charge in [0.15, 0.2) is 0 Å². The van der Waals surface area contributed by atoms with E-state index in [1.54, 1.807) is 6.08 Å². The molecule has 0 fully saturated rings. The molecule has 0 aliphatic heterocycles. The van der Waals surface area contributed by atoms with Crippen molar-refractivity contribution in [1.82, 2.24) is 0 Å². The first-order valence-electron chi connectivity index (χ1n) is 1.03. The van der Waals surface area contributed by atoms with Gasteiger partial charge in [-0.25, -0.2) is 0 Å². The molecule has 0 rings (SSSR count). The summed E-state index contributed by atoms with van der Waals surface area (Å²) in [5.41, 5.74) is 0. The molecule has 0 nitrogen and oxygen atoms in total. The van der Waals surface area contributed by atoms with Crippen molar-refractivity contribution >= 4 is 23.1 Å². The summed E-state index contributed by atoms with van der Waals surface area (Å²) in [5.74, 6) is 0. The monoisotopic (exact) mass is 130 g/mol. The predicted molar refractivity (Wildman–Crippen MR) is 23.5 cm³/mol. The molecule has 0 saturated heterocycles. The molecule has 0 heterocycles. The van der Waals surface area contributed by atoms with Gasteiger partial charge in [0.05, 0.1) is 0 Å². The van der Waals surface area contributed by atoms with E-state index in [1.807, 2.05) is 0 Å². The molecule has 0 radical (unpaired) electrons. The van der Waals surface area contributed by atoms with Gasteiger partial charge in [-0.2, -0.15) is 0 Å². The summed E-state index contributed by atoms with van der Waals surface area (Å²) in [5, 5.41) is 0.646. The third kappa shape index (κ3) is 11.2. The Morgan fingerprint density at radius 3 is 2.00 bits per heavy atom. The molecule has 0 saturated carbocycles. The zero-order valence-corrected chi connectivity index (χ0v) is 3.23. The van der Waals surface area contributed by atoms with Crippen LogP contribution in [-0.2, 0) is 16.0 Å². The average molecular weight is 131 g/mol. The van der Waals surface area contributed by atoms with Crippen LogP contribution in [0.15, 0.2) is 12.7 Å². The first-order valence-corrected chi connectivity index (χ1v) is 1.70. The maximum Gasteiger partial charge on any atom is 0.316 e. The van der Waals surface area contributed by atoms with E-state index < -0.39 is 0 Å². The zero-order chi connectivity index (χ0) is 3.41. The van der Waals surface area contributed by atoms with Crippen LogP contribution in [0.4, 0.5) is 0 Å². The van der Waals surface area contributed by atoms with Crippen LogP contribution in [0.25, 0.3) is 0 Å². The van der Waals surface area contributed by atoms with Crippen LogP contribution in [0.1, 0.15) is 0 Å². The van der Waals surface area contributed by atoms with Crippen LogP contribution in [-0.4, -0.2) is 23.1 Å². The van der Waals surface area contributed by atoms with Crippen LogP contribution >= 0.6 is 0 Å². The fraction of sp³-hybridized carbons (Fsp3) is 0.333. The molecule has 0 unspecified atom stereocenters. The molecule has 0 bridgehead atoms. The third-order valence-corrected chi connectivity index (χ3v) is 0.359. The Hall–Kier alpha value is 1.03. The second kappa shape index (κ2) is 8.90. The van der Waals surface area contributed by atoms with Gasteiger partial charge in [-0.05, 0) is 0 Å². The van der Waals surface area contributed by atoms with Crippen LogP contribution < -0.4 is 0 Å². The Kier molecular flexibility index (Phi) is 16.7. The summed E-state index contributed by atoms with van der Waals surface area (Å²) < 4.78 is 0. The molecule has 0 aliphatic carbocycles. The molecule has 5 heavy (non-hydrogen) atoms. The quantitative estimate of drug-likeness (QED) is 0.352. The van der Waals surface area contributed by atoms with Crippen molar-refractivity contribution in [2.24, 2.45) is 0 Å². The Bertz CT molecular complexity index is 20.9. The van der Waals surface area contributed by atoms with Gasteiger partial charge < -0.3 is 0 Å². The Balaban J connectivity index is 0. The summed E-state index contributed by atoms with van der Waals surface area (Å²) in [6.45, 7) is 3.37. The summed E-state index contributed by atoms with van der Waals surface area (Å²) >= 11 is 4.55. The summed E-state index contributed by atoms with van der Waals surface area (Å²) in [6.07, 6.45) is 1.68. The summed E-state index contributed by atoms with van der Waals surface area (Å²) in [6, 6.07) is 0. The van der Waals surface area contributed by atoms with Crippen molar-refractivity contribution in [1.29, 1.82) is 0 Å². The molecule has 2 heteroatoms. The second-order valence-corrected chi connectivity index (χ2v) is 0.796. The van der Waals surface area contributed by atoms with E-state index in [0.717, 1.165) is 0 Å². The van der Waals surface area contributed by atoms with Crippen LogP contribution in [0.2, 0.25) is 5.32 Å². The van der Waals surface area contributed by atoms with Gasteiger partial charge in [0, 0.05) is 0 Å². The van der Waals surface area contributed by atoms with Crippen molar-refractivity contribution in [3.63, 3.8) is 0 Å². The van der Waals surface area contributed by atoms with Gasteiger partial charge in [0.1, 0.15) is 0 Å². The van der Waals surface area contributed by atoms with Crippen LogP contribution in [0, 0.1) is 0 Å². The van der Waals surface area contributed by atoms with Crippen molar-refractivity contribution < 1.29 is 16.0 Å². The normalized spacial score (nSPS) is 5.20. The largest absolute Gasteiger partial charge is 0.316 e. The summed E-state index contributed by atoms with van der Waals surface area (Å²) in [7, 11) is 0. The van der Waals surface area contributed by atoms with Gasteiger partial charge in [0.2, 0.25) is 0 Å². The molecule has 0 aliphatic rings. The molecule has 0 N–H and O–H groups in total. The van der Waals surface area contributed by atoms with Gasteiger partial charge in [-0.15, -0.1) is 0 Å². The molecular formula is C3H7CuMg. The van der Waals surface area contributed by atoms with Crippen LogP contribution in [0.3, 0.4) is 0 Å². The number of hydrogen-bond acceptors (Lipinski definition) is 0. The molecular weight excluding hydrogens is 124 g/mol. The van der Waals surface area contributed by atoms with Gasteiger partial charge in [-0.3, -0.25) is 0 Å². The van der Waals surface area contributed by atoms with Crippen LogP contribution in [0.5, 0.6) is 0 Å². The van der Waals surface area contributed by atoms with E-state index in [9.17, 15) is 0 Å². The molecule has 0 aromatic rings. The smallest absolute Gasteiger partial charge is 0.316 e. The minimum atomic E-state index is 0. The number of hydrogen-bond donors (Lipinski definition) is 0. The average Bonchev–Trinajstić information content (AvgIpc) is 1.37. The third-order valence-electron chi connectivity index (χ3n) is 0.0870. The Morgan fingerprint density at radius 1 is 1.80 bits per heavy atom. The number of rotatable bonds is 1. The minimum absolute atomic E-state index is 0. The first-order chi connectivity index (χ1) is 1.91. The topological polar surface area (TPSA) is 0 Å². The van der Waals surface area contributed by atoms with Gasteiger partial charge in [0.25, 0.3) is 0 Å².